The number of likely N-dealkylation sites (tertiary alicyclic amines) is 2. The number of carbonyl (C=O) groups is 2. The van der Waals surface area contributed by atoms with Crippen LogP contribution in [-0.2, 0) is 16.1 Å². The standard InChI is InChI=1S/C19H28N4O2/c1-15(18(25)20-2)22-10-7-19(8-11-22)6-5-17(24)23(14-19)13-16-4-3-9-21-12-16/h3-4,9,12,15H,5-8,10-11,13-14H2,1-2H3,(H,20,25)/t15-/m0/s1. The van der Waals surface area contributed by atoms with Crippen LogP contribution in [0.3, 0.4) is 0 Å². The van der Waals surface area contributed by atoms with E-state index in [1.807, 2.05) is 30.2 Å². The zero-order valence-electron chi connectivity index (χ0n) is 15.2. The number of pyridine rings is 1. The van der Waals surface area contributed by atoms with E-state index >= 15 is 0 Å². The highest BCUT2D eigenvalue weighted by molar-refractivity contribution is 5.81. The minimum absolute atomic E-state index is 0.0768. The van der Waals surface area contributed by atoms with E-state index < -0.39 is 0 Å². The van der Waals surface area contributed by atoms with E-state index in [4.69, 9.17) is 0 Å². The smallest absolute Gasteiger partial charge is 0.236 e. The highest BCUT2D eigenvalue weighted by Gasteiger charge is 2.42. The zero-order valence-corrected chi connectivity index (χ0v) is 15.2. The lowest BCUT2D eigenvalue weighted by Gasteiger charge is -2.48. The number of likely N-dealkylation sites (N-methyl/N-ethyl adjacent to an activating group) is 1. The Bertz CT molecular complexity index is 611. The normalized spacial score (nSPS) is 22.0. The molecule has 0 unspecified atom stereocenters. The van der Waals surface area contributed by atoms with Crippen LogP contribution < -0.4 is 5.32 Å². The van der Waals surface area contributed by atoms with E-state index in [-0.39, 0.29) is 23.3 Å². The SMILES string of the molecule is CNC(=O)[C@H](C)N1CCC2(CCC(=O)N(Cc3cccnc3)C2)CC1. The molecule has 1 N–H and O–H groups in total. The van der Waals surface area contributed by atoms with Gasteiger partial charge in [0.15, 0.2) is 0 Å². The second-order valence-electron chi connectivity index (χ2n) is 7.44. The Kier molecular flexibility index (Phi) is 5.37. The summed E-state index contributed by atoms with van der Waals surface area (Å²) in [6, 6.07) is 3.85. The minimum atomic E-state index is -0.0842. The van der Waals surface area contributed by atoms with Gasteiger partial charge in [-0.05, 0) is 56.3 Å². The summed E-state index contributed by atoms with van der Waals surface area (Å²) < 4.78 is 0. The van der Waals surface area contributed by atoms with E-state index in [0.29, 0.717) is 13.0 Å². The van der Waals surface area contributed by atoms with Crippen LogP contribution in [0, 0.1) is 5.41 Å². The Morgan fingerprint density at radius 2 is 2.12 bits per heavy atom. The van der Waals surface area contributed by atoms with Crippen LogP contribution in [-0.4, -0.2) is 59.3 Å². The number of hydrogen-bond acceptors (Lipinski definition) is 4. The highest BCUT2D eigenvalue weighted by atomic mass is 16.2. The molecule has 136 valence electrons. The van der Waals surface area contributed by atoms with Gasteiger partial charge in [0.1, 0.15) is 0 Å². The van der Waals surface area contributed by atoms with Crippen LogP contribution >= 0.6 is 0 Å². The number of nitrogens with zero attached hydrogens (tertiary/aromatic N) is 3. The van der Waals surface area contributed by atoms with Crippen molar-refractivity contribution in [3.8, 4) is 0 Å². The third kappa shape index (κ3) is 4.00. The molecule has 25 heavy (non-hydrogen) atoms. The van der Waals surface area contributed by atoms with Gasteiger partial charge in [-0.2, -0.15) is 0 Å². The van der Waals surface area contributed by atoms with Gasteiger partial charge in [0, 0.05) is 39.0 Å². The summed E-state index contributed by atoms with van der Waals surface area (Å²) >= 11 is 0. The minimum Gasteiger partial charge on any atom is -0.358 e. The summed E-state index contributed by atoms with van der Waals surface area (Å²) in [5.74, 6) is 0.323. The Hall–Kier alpha value is -1.95. The van der Waals surface area contributed by atoms with Crippen molar-refractivity contribution in [2.75, 3.05) is 26.7 Å². The third-order valence-corrected chi connectivity index (χ3v) is 5.88. The lowest BCUT2D eigenvalue weighted by Crippen LogP contribution is -2.54. The molecule has 0 saturated carbocycles. The maximum Gasteiger partial charge on any atom is 0.236 e. The van der Waals surface area contributed by atoms with Gasteiger partial charge in [-0.1, -0.05) is 6.07 Å². The van der Waals surface area contributed by atoms with E-state index in [1.54, 1.807) is 13.2 Å². The molecular formula is C19H28N4O2. The Labute approximate surface area is 149 Å². The number of nitrogens with one attached hydrogen (secondary N) is 1. The topological polar surface area (TPSA) is 65.5 Å². The van der Waals surface area contributed by atoms with E-state index in [0.717, 1.165) is 44.5 Å². The Balaban J connectivity index is 1.61. The van der Waals surface area contributed by atoms with Gasteiger partial charge in [-0.3, -0.25) is 19.5 Å². The van der Waals surface area contributed by atoms with Crippen LogP contribution in [0.1, 0.15) is 38.2 Å². The third-order valence-electron chi connectivity index (χ3n) is 5.88. The molecule has 0 radical (unpaired) electrons. The van der Waals surface area contributed by atoms with Crippen LogP contribution in [0.4, 0.5) is 0 Å². The molecule has 2 aliphatic heterocycles. The number of amides is 2. The maximum absolute atomic E-state index is 12.4. The van der Waals surface area contributed by atoms with Gasteiger partial charge in [-0.15, -0.1) is 0 Å². The first kappa shape index (κ1) is 17.9. The van der Waals surface area contributed by atoms with Crippen LogP contribution in [0.25, 0.3) is 0 Å². The maximum atomic E-state index is 12.4. The molecule has 2 aliphatic rings. The monoisotopic (exact) mass is 344 g/mol. The highest BCUT2D eigenvalue weighted by Crippen LogP contribution is 2.40. The summed E-state index contributed by atoms with van der Waals surface area (Å²) in [4.78, 5) is 32.6. The summed E-state index contributed by atoms with van der Waals surface area (Å²) in [5.41, 5.74) is 1.29. The number of aromatic nitrogens is 1. The molecule has 1 aromatic rings. The largest absolute Gasteiger partial charge is 0.358 e. The van der Waals surface area contributed by atoms with Gasteiger partial charge in [0.25, 0.3) is 0 Å². The predicted octanol–water partition coefficient (Wildman–Crippen LogP) is 1.42. The molecule has 3 heterocycles. The van der Waals surface area contributed by atoms with E-state index in [1.165, 1.54) is 0 Å². The van der Waals surface area contributed by atoms with Crippen molar-refractivity contribution < 1.29 is 9.59 Å². The quantitative estimate of drug-likeness (QED) is 0.897. The van der Waals surface area contributed by atoms with Crippen LogP contribution in [0.15, 0.2) is 24.5 Å². The Morgan fingerprint density at radius 3 is 2.76 bits per heavy atom. The number of carbonyl (C=O) groups excluding carboxylic acids is 2. The van der Waals surface area contributed by atoms with Gasteiger partial charge < -0.3 is 10.2 Å². The summed E-state index contributed by atoms with van der Waals surface area (Å²) in [6.45, 7) is 5.28. The molecule has 3 rings (SSSR count). The molecule has 1 spiro atoms. The van der Waals surface area contributed by atoms with E-state index in [9.17, 15) is 9.59 Å². The van der Waals surface area contributed by atoms with Gasteiger partial charge >= 0.3 is 0 Å². The average Bonchev–Trinajstić information content (AvgIpc) is 2.65. The molecule has 2 saturated heterocycles. The van der Waals surface area contributed by atoms with Crippen LogP contribution in [0.2, 0.25) is 0 Å². The molecule has 1 aromatic heterocycles. The van der Waals surface area contributed by atoms with Crippen molar-refractivity contribution >= 4 is 11.8 Å². The summed E-state index contributed by atoms with van der Waals surface area (Å²) in [7, 11) is 1.69. The lowest BCUT2D eigenvalue weighted by molar-refractivity contribution is -0.140. The summed E-state index contributed by atoms with van der Waals surface area (Å²) in [5, 5.41) is 2.73. The molecule has 2 amide bonds. The Morgan fingerprint density at radius 1 is 1.36 bits per heavy atom. The fourth-order valence-corrected chi connectivity index (χ4v) is 4.13. The van der Waals surface area contributed by atoms with Crippen LogP contribution in [0.5, 0.6) is 0 Å². The molecule has 2 fully saturated rings. The number of piperidine rings is 2. The second kappa shape index (κ2) is 7.52. The van der Waals surface area contributed by atoms with Crippen molar-refractivity contribution in [2.45, 2.75) is 45.2 Å². The number of hydrogen-bond donors (Lipinski definition) is 1. The van der Waals surface area contributed by atoms with Crippen molar-refractivity contribution in [1.29, 1.82) is 0 Å². The average molecular weight is 344 g/mol. The first-order chi connectivity index (χ1) is 12.0. The summed E-state index contributed by atoms with van der Waals surface area (Å²) in [6.07, 6.45) is 7.29. The molecule has 0 aliphatic carbocycles. The lowest BCUT2D eigenvalue weighted by atomic mass is 9.72. The van der Waals surface area contributed by atoms with Gasteiger partial charge in [0.05, 0.1) is 6.04 Å². The van der Waals surface area contributed by atoms with Gasteiger partial charge in [-0.25, -0.2) is 0 Å². The fourth-order valence-electron chi connectivity index (χ4n) is 4.13. The van der Waals surface area contributed by atoms with Crippen molar-refractivity contribution in [3.05, 3.63) is 30.1 Å². The number of rotatable bonds is 4. The van der Waals surface area contributed by atoms with E-state index in [2.05, 4.69) is 15.2 Å². The molecule has 0 bridgehead atoms. The van der Waals surface area contributed by atoms with Crippen molar-refractivity contribution in [1.82, 2.24) is 20.1 Å². The van der Waals surface area contributed by atoms with Crippen molar-refractivity contribution in [3.63, 3.8) is 0 Å². The predicted molar refractivity (Wildman–Crippen MR) is 95.7 cm³/mol. The fraction of sp³-hybridized carbons (Fsp3) is 0.632. The molecule has 6 heteroatoms. The first-order valence-electron chi connectivity index (χ1n) is 9.15. The van der Waals surface area contributed by atoms with Gasteiger partial charge in [0.2, 0.25) is 11.8 Å². The molecule has 0 aromatic carbocycles. The molecular weight excluding hydrogens is 316 g/mol. The first-order valence-corrected chi connectivity index (χ1v) is 9.15. The molecule has 1 atom stereocenters. The van der Waals surface area contributed by atoms with Crippen molar-refractivity contribution in [2.24, 2.45) is 5.41 Å². The molecule has 6 nitrogen and oxygen atoms in total. The second-order valence-corrected chi connectivity index (χ2v) is 7.44. The zero-order chi connectivity index (χ0) is 17.9.